The van der Waals surface area contributed by atoms with Crippen molar-refractivity contribution in [2.75, 3.05) is 0 Å². The van der Waals surface area contributed by atoms with Crippen molar-refractivity contribution < 1.29 is 9.59 Å². The first-order valence-electron chi connectivity index (χ1n) is 2.26. The lowest BCUT2D eigenvalue weighted by Crippen LogP contribution is -2.16. The van der Waals surface area contributed by atoms with E-state index >= 15 is 0 Å². The minimum Gasteiger partial charge on any atom is -0.366 e. The molecular weight excluding hydrogens is 136 g/mol. The van der Waals surface area contributed by atoms with Crippen molar-refractivity contribution in [2.45, 2.75) is 0 Å². The molecule has 0 bridgehead atoms. The summed E-state index contributed by atoms with van der Waals surface area (Å²) in [4.78, 5) is 20.3. The minimum atomic E-state index is -0.950. The summed E-state index contributed by atoms with van der Waals surface area (Å²) in [6, 6.07) is 0. The van der Waals surface area contributed by atoms with E-state index < -0.39 is 17.5 Å². The van der Waals surface area contributed by atoms with Gasteiger partial charge >= 0.3 is 0 Å². The van der Waals surface area contributed by atoms with Crippen LogP contribution < -0.4 is 11.5 Å². The maximum Gasteiger partial charge on any atom is 0.269 e. The summed E-state index contributed by atoms with van der Waals surface area (Å²) in [5.41, 5.74) is 15.2. The van der Waals surface area contributed by atoms with Crippen molar-refractivity contribution in [1.29, 1.82) is 5.53 Å². The number of nitrogens with one attached hydrogen (secondary N) is 1. The van der Waals surface area contributed by atoms with E-state index in [0.29, 0.717) is 6.08 Å². The van der Waals surface area contributed by atoms with Gasteiger partial charge in [-0.15, -0.1) is 0 Å². The molecule has 0 aromatic rings. The lowest BCUT2D eigenvalue weighted by molar-refractivity contribution is -0.116. The SMILES string of the molecule is N=NC(=CC(N)=O)C(N)=O. The summed E-state index contributed by atoms with van der Waals surface area (Å²) >= 11 is 0. The summed E-state index contributed by atoms with van der Waals surface area (Å²) in [5, 5.41) is 2.66. The van der Waals surface area contributed by atoms with Gasteiger partial charge in [0.15, 0.2) is 5.70 Å². The van der Waals surface area contributed by atoms with Crippen LogP contribution in [-0.4, -0.2) is 11.8 Å². The molecule has 0 saturated carbocycles. The molecule has 5 N–H and O–H groups in total. The molecule has 0 aromatic heterocycles. The fourth-order valence-electron chi connectivity index (χ4n) is 0.293. The molecule has 0 heterocycles. The third-order valence-corrected chi connectivity index (χ3v) is 0.652. The summed E-state index contributed by atoms with van der Waals surface area (Å²) in [5.74, 6) is -1.81. The highest BCUT2D eigenvalue weighted by molar-refractivity contribution is 5.99. The zero-order chi connectivity index (χ0) is 8.15. The van der Waals surface area contributed by atoms with Gasteiger partial charge in [-0.2, -0.15) is 5.11 Å². The topological polar surface area (TPSA) is 122 Å². The average molecular weight is 142 g/mol. The van der Waals surface area contributed by atoms with Gasteiger partial charge in [0.1, 0.15) is 0 Å². The number of rotatable bonds is 3. The van der Waals surface area contributed by atoms with E-state index in [-0.39, 0.29) is 0 Å². The molecule has 2 amide bonds. The molecule has 0 spiro atoms. The Morgan fingerprint density at radius 3 is 2.00 bits per heavy atom. The number of hydrogen-bond donors (Lipinski definition) is 3. The number of primary amides is 2. The smallest absolute Gasteiger partial charge is 0.269 e. The number of carbonyl (C=O) groups is 2. The normalized spacial score (nSPS) is 10.6. The van der Waals surface area contributed by atoms with Gasteiger partial charge in [-0.1, -0.05) is 0 Å². The molecule has 0 unspecified atom stereocenters. The maximum atomic E-state index is 10.2. The number of nitrogens with zero attached hydrogens (tertiary/aromatic N) is 1. The van der Waals surface area contributed by atoms with Crippen LogP contribution in [0.25, 0.3) is 0 Å². The Hall–Kier alpha value is -1.72. The highest BCUT2D eigenvalue weighted by Gasteiger charge is 2.02. The molecule has 0 atom stereocenters. The number of hydrogen-bond acceptors (Lipinski definition) is 4. The van der Waals surface area contributed by atoms with Crippen LogP contribution in [0.3, 0.4) is 0 Å². The Morgan fingerprint density at radius 2 is 1.90 bits per heavy atom. The van der Waals surface area contributed by atoms with E-state index in [1.165, 1.54) is 0 Å². The first-order chi connectivity index (χ1) is 4.57. The van der Waals surface area contributed by atoms with E-state index in [1.54, 1.807) is 0 Å². The second kappa shape index (κ2) is 3.33. The van der Waals surface area contributed by atoms with Gasteiger partial charge < -0.3 is 11.5 Å². The van der Waals surface area contributed by atoms with Crippen molar-refractivity contribution in [1.82, 2.24) is 0 Å². The molecular formula is C4H6N4O2. The Balaban J connectivity index is 4.49. The van der Waals surface area contributed by atoms with Crippen molar-refractivity contribution >= 4 is 11.8 Å². The van der Waals surface area contributed by atoms with E-state index in [1.807, 2.05) is 0 Å². The van der Waals surface area contributed by atoms with E-state index in [2.05, 4.69) is 16.6 Å². The minimum absolute atomic E-state index is 0.451. The first kappa shape index (κ1) is 8.28. The molecule has 0 fully saturated rings. The third kappa shape index (κ3) is 2.55. The predicted octanol–water partition coefficient (Wildman–Crippen LogP) is -1.13. The van der Waals surface area contributed by atoms with Gasteiger partial charge in [0, 0.05) is 6.08 Å². The molecule has 0 aliphatic heterocycles. The van der Waals surface area contributed by atoms with Gasteiger partial charge in [0.25, 0.3) is 5.91 Å². The van der Waals surface area contributed by atoms with Crippen molar-refractivity contribution in [3.63, 3.8) is 0 Å². The van der Waals surface area contributed by atoms with Gasteiger partial charge in [-0.3, -0.25) is 9.59 Å². The highest BCUT2D eigenvalue weighted by atomic mass is 16.2. The largest absolute Gasteiger partial charge is 0.366 e. The quantitative estimate of drug-likeness (QED) is 0.341. The second-order valence-corrected chi connectivity index (χ2v) is 1.41. The van der Waals surface area contributed by atoms with Crippen LogP contribution in [0.4, 0.5) is 0 Å². The standard InChI is InChI=1S/C4H6N4O2/c5-3(9)1-2(8-7)4(6)10/h1,7H,(H2,5,9)(H2,6,10). The van der Waals surface area contributed by atoms with Crippen LogP contribution in [0.2, 0.25) is 0 Å². The fourth-order valence-corrected chi connectivity index (χ4v) is 0.293. The van der Waals surface area contributed by atoms with Crippen LogP contribution in [-0.2, 0) is 9.59 Å². The maximum absolute atomic E-state index is 10.2. The van der Waals surface area contributed by atoms with Crippen LogP contribution in [0.5, 0.6) is 0 Å². The van der Waals surface area contributed by atoms with Crippen molar-refractivity contribution in [3.8, 4) is 0 Å². The zero-order valence-corrected chi connectivity index (χ0v) is 5.00. The van der Waals surface area contributed by atoms with Gasteiger partial charge in [-0.25, -0.2) is 5.53 Å². The van der Waals surface area contributed by atoms with Crippen LogP contribution >= 0.6 is 0 Å². The van der Waals surface area contributed by atoms with Crippen molar-refractivity contribution in [2.24, 2.45) is 16.6 Å². The lowest BCUT2D eigenvalue weighted by atomic mass is 10.4. The predicted molar refractivity (Wildman–Crippen MR) is 31.6 cm³/mol. The van der Waals surface area contributed by atoms with E-state index in [4.69, 9.17) is 5.53 Å². The lowest BCUT2D eigenvalue weighted by Gasteiger charge is -1.88. The number of carbonyl (C=O) groups excluding carboxylic acids is 2. The first-order valence-corrected chi connectivity index (χ1v) is 2.26. The summed E-state index contributed by atoms with van der Waals surface area (Å²) in [6.07, 6.45) is 0.690. The van der Waals surface area contributed by atoms with E-state index in [9.17, 15) is 9.59 Å². The third-order valence-electron chi connectivity index (χ3n) is 0.652. The summed E-state index contributed by atoms with van der Waals surface area (Å²) < 4.78 is 0. The van der Waals surface area contributed by atoms with E-state index in [0.717, 1.165) is 0 Å². The molecule has 0 aliphatic rings. The fraction of sp³-hybridized carbons (Fsp3) is 0. The monoisotopic (exact) mass is 142 g/mol. The average Bonchev–Trinajstić information content (AvgIpc) is 1.81. The molecule has 0 aromatic carbocycles. The van der Waals surface area contributed by atoms with Crippen molar-refractivity contribution in [3.05, 3.63) is 11.8 Å². The Morgan fingerprint density at radius 1 is 1.40 bits per heavy atom. The zero-order valence-electron chi connectivity index (χ0n) is 5.00. The summed E-state index contributed by atoms with van der Waals surface area (Å²) in [6.45, 7) is 0. The molecule has 10 heavy (non-hydrogen) atoms. The second-order valence-electron chi connectivity index (χ2n) is 1.41. The number of amides is 2. The Bertz CT molecular complexity index is 207. The molecule has 6 heteroatoms. The molecule has 0 rings (SSSR count). The summed E-state index contributed by atoms with van der Waals surface area (Å²) in [7, 11) is 0. The molecule has 0 saturated heterocycles. The highest BCUT2D eigenvalue weighted by Crippen LogP contribution is 1.91. The number of nitrogens with two attached hydrogens (primary N) is 2. The van der Waals surface area contributed by atoms with Gasteiger partial charge in [0.2, 0.25) is 5.91 Å². The molecule has 0 aliphatic carbocycles. The van der Waals surface area contributed by atoms with Crippen LogP contribution in [0.1, 0.15) is 0 Å². The Labute approximate surface area is 56.4 Å². The van der Waals surface area contributed by atoms with Crippen LogP contribution in [0, 0.1) is 5.53 Å². The van der Waals surface area contributed by atoms with Gasteiger partial charge in [0.05, 0.1) is 0 Å². The molecule has 0 radical (unpaired) electrons. The molecule has 54 valence electrons. The Kier molecular flexibility index (Phi) is 2.76. The molecule has 6 nitrogen and oxygen atoms in total. The van der Waals surface area contributed by atoms with Gasteiger partial charge in [-0.05, 0) is 0 Å². The van der Waals surface area contributed by atoms with Crippen LogP contribution in [0.15, 0.2) is 16.9 Å².